The molecule has 2 saturated heterocycles. The second kappa shape index (κ2) is 7.34. The number of carbonyl (C=O) groups excluding carboxylic acids is 3. The van der Waals surface area contributed by atoms with Gasteiger partial charge in [0.2, 0.25) is 5.91 Å². The minimum Gasteiger partial charge on any atom is -0.338 e. The fourth-order valence-corrected chi connectivity index (χ4v) is 3.51. The van der Waals surface area contributed by atoms with E-state index in [0.717, 1.165) is 25.0 Å². The molecule has 0 spiro atoms. The van der Waals surface area contributed by atoms with Gasteiger partial charge in [0, 0.05) is 25.6 Å². The predicted octanol–water partition coefficient (Wildman–Crippen LogP) is 0.721. The molecule has 0 radical (unpaired) electrons. The molecule has 2 N–H and O–H groups in total. The Morgan fingerprint density at radius 1 is 1.46 bits per heavy atom. The van der Waals surface area contributed by atoms with Crippen molar-refractivity contribution in [2.45, 2.75) is 39.2 Å². The van der Waals surface area contributed by atoms with E-state index in [1.165, 1.54) is 0 Å². The van der Waals surface area contributed by atoms with E-state index in [1.54, 1.807) is 11.8 Å². The number of carbonyl (C=O) groups is 3. The summed E-state index contributed by atoms with van der Waals surface area (Å²) in [6, 6.07) is -0.436. The van der Waals surface area contributed by atoms with Gasteiger partial charge < -0.3 is 10.2 Å². The van der Waals surface area contributed by atoms with E-state index in [9.17, 15) is 14.4 Å². The zero-order chi connectivity index (χ0) is 17.9. The van der Waals surface area contributed by atoms with Crippen molar-refractivity contribution in [3.8, 4) is 0 Å². The van der Waals surface area contributed by atoms with E-state index in [4.69, 9.17) is 0 Å². The van der Waals surface area contributed by atoms with Gasteiger partial charge in [-0.15, -0.1) is 0 Å². The summed E-state index contributed by atoms with van der Waals surface area (Å²) in [5.74, 6) is -0.198. The fraction of sp³-hybridized carbons (Fsp3) is 0.706. The number of nitrogens with zero attached hydrogens (tertiary/aromatic N) is 2. The first-order valence-electron chi connectivity index (χ1n) is 8.54. The summed E-state index contributed by atoms with van der Waals surface area (Å²) in [7, 11) is 0. The second-order valence-corrected chi connectivity index (χ2v) is 7.05. The first-order chi connectivity index (χ1) is 11.3. The molecule has 0 aromatic carbocycles. The van der Waals surface area contributed by atoms with Crippen LogP contribution in [0.5, 0.6) is 0 Å². The van der Waals surface area contributed by atoms with Crippen LogP contribution in [0.1, 0.15) is 33.6 Å². The maximum absolute atomic E-state index is 12.5. The lowest BCUT2D eigenvalue weighted by Gasteiger charge is -2.39. The molecule has 0 unspecified atom stereocenters. The number of piperidine rings is 1. The Hall–Kier alpha value is -1.89. The highest BCUT2D eigenvalue weighted by Gasteiger charge is 2.49. The van der Waals surface area contributed by atoms with Gasteiger partial charge in [0.1, 0.15) is 5.54 Å². The molecule has 7 heteroatoms. The van der Waals surface area contributed by atoms with E-state index in [-0.39, 0.29) is 17.7 Å². The molecule has 2 heterocycles. The van der Waals surface area contributed by atoms with Gasteiger partial charge in [0.15, 0.2) is 0 Å². The van der Waals surface area contributed by atoms with Crippen molar-refractivity contribution in [3.05, 3.63) is 12.2 Å². The van der Waals surface area contributed by atoms with E-state index >= 15 is 0 Å². The molecule has 0 saturated carbocycles. The van der Waals surface area contributed by atoms with Crippen molar-refractivity contribution in [2.24, 2.45) is 5.92 Å². The van der Waals surface area contributed by atoms with Gasteiger partial charge in [-0.3, -0.25) is 19.8 Å². The predicted molar refractivity (Wildman–Crippen MR) is 91.3 cm³/mol. The van der Waals surface area contributed by atoms with E-state index in [1.807, 2.05) is 13.8 Å². The van der Waals surface area contributed by atoms with Crippen molar-refractivity contribution in [3.63, 3.8) is 0 Å². The average molecular weight is 336 g/mol. The zero-order valence-electron chi connectivity index (χ0n) is 14.9. The lowest BCUT2D eigenvalue weighted by Crippen LogP contribution is -2.56. The van der Waals surface area contributed by atoms with Gasteiger partial charge in [0.05, 0.1) is 6.54 Å². The lowest BCUT2D eigenvalue weighted by molar-refractivity contribution is -0.132. The largest absolute Gasteiger partial charge is 0.338 e. The number of amides is 4. The van der Waals surface area contributed by atoms with Crippen LogP contribution in [0.4, 0.5) is 4.79 Å². The summed E-state index contributed by atoms with van der Waals surface area (Å²) in [5, 5.41) is 5.07. The topological polar surface area (TPSA) is 81.8 Å². The number of hydrogen-bond donors (Lipinski definition) is 2. The molecule has 2 rings (SSSR count). The highest BCUT2D eigenvalue weighted by Crippen LogP contribution is 2.29. The van der Waals surface area contributed by atoms with Crippen LogP contribution in [-0.2, 0) is 9.59 Å². The van der Waals surface area contributed by atoms with Crippen molar-refractivity contribution < 1.29 is 14.4 Å². The van der Waals surface area contributed by atoms with Crippen LogP contribution < -0.4 is 10.6 Å². The van der Waals surface area contributed by atoms with E-state index in [2.05, 4.69) is 22.1 Å². The number of imide groups is 1. The standard InChI is InChI=1S/C17H28N4O3/c1-5-21(9-12(2)3)14(22)11-20-8-6-7-13(10-20)17(4)15(23)18-16(24)19-17/h13H,2,5-11H2,1,3-4H3,(H2,18,19,23,24)/t13-,17+/m1/s1. The van der Waals surface area contributed by atoms with Crippen molar-refractivity contribution >= 4 is 17.8 Å². The molecule has 2 aliphatic heterocycles. The Morgan fingerprint density at radius 3 is 2.71 bits per heavy atom. The van der Waals surface area contributed by atoms with Crippen LogP contribution in [0, 0.1) is 5.92 Å². The fourth-order valence-electron chi connectivity index (χ4n) is 3.51. The summed E-state index contributed by atoms with van der Waals surface area (Å²) >= 11 is 0. The van der Waals surface area contributed by atoms with Gasteiger partial charge in [0.25, 0.3) is 5.91 Å². The molecule has 24 heavy (non-hydrogen) atoms. The number of likely N-dealkylation sites (tertiary alicyclic amines) is 1. The third-order valence-corrected chi connectivity index (χ3v) is 4.95. The minimum absolute atomic E-state index is 0.00159. The van der Waals surface area contributed by atoms with Crippen molar-refractivity contribution in [2.75, 3.05) is 32.7 Å². The average Bonchev–Trinajstić information content (AvgIpc) is 2.78. The summed E-state index contributed by atoms with van der Waals surface area (Å²) in [5.41, 5.74) is 0.0700. The Bertz CT molecular complexity index is 548. The molecule has 4 amide bonds. The minimum atomic E-state index is -0.888. The molecule has 0 bridgehead atoms. The van der Waals surface area contributed by atoms with Crippen LogP contribution in [0.15, 0.2) is 12.2 Å². The van der Waals surface area contributed by atoms with Crippen molar-refractivity contribution in [1.82, 2.24) is 20.4 Å². The summed E-state index contributed by atoms with van der Waals surface area (Å²) in [6.07, 6.45) is 1.77. The van der Waals surface area contributed by atoms with Gasteiger partial charge in [-0.1, -0.05) is 12.2 Å². The first kappa shape index (κ1) is 18.4. The summed E-state index contributed by atoms with van der Waals surface area (Å²) in [6.45, 7) is 12.5. The monoisotopic (exact) mass is 336 g/mol. The Balaban J connectivity index is 1.98. The molecular formula is C17H28N4O3. The zero-order valence-corrected chi connectivity index (χ0v) is 14.9. The van der Waals surface area contributed by atoms with Crippen LogP contribution in [0.2, 0.25) is 0 Å². The Morgan fingerprint density at radius 2 is 2.17 bits per heavy atom. The SMILES string of the molecule is C=C(C)CN(CC)C(=O)CN1CCC[C@@H]([C@]2(C)NC(=O)NC2=O)C1. The molecule has 7 nitrogen and oxygen atoms in total. The maximum atomic E-state index is 12.5. The van der Waals surface area contributed by atoms with E-state index < -0.39 is 11.6 Å². The molecule has 0 aromatic rings. The van der Waals surface area contributed by atoms with Crippen molar-refractivity contribution in [1.29, 1.82) is 0 Å². The van der Waals surface area contributed by atoms with E-state index in [0.29, 0.717) is 26.2 Å². The molecule has 2 aliphatic rings. The smallest absolute Gasteiger partial charge is 0.322 e. The highest BCUT2D eigenvalue weighted by molar-refractivity contribution is 6.07. The number of hydrogen-bond acceptors (Lipinski definition) is 4. The van der Waals surface area contributed by atoms with Crippen LogP contribution in [0.3, 0.4) is 0 Å². The Labute approximate surface area is 143 Å². The molecule has 0 aliphatic carbocycles. The Kier molecular flexibility index (Phi) is 5.64. The van der Waals surface area contributed by atoms with Gasteiger partial charge in [-0.05, 0) is 40.2 Å². The third kappa shape index (κ3) is 3.95. The lowest BCUT2D eigenvalue weighted by atomic mass is 9.80. The van der Waals surface area contributed by atoms with Gasteiger partial charge in [-0.2, -0.15) is 0 Å². The molecule has 134 valence electrons. The second-order valence-electron chi connectivity index (χ2n) is 7.05. The van der Waals surface area contributed by atoms with Crippen LogP contribution >= 0.6 is 0 Å². The van der Waals surface area contributed by atoms with Gasteiger partial charge >= 0.3 is 6.03 Å². The maximum Gasteiger partial charge on any atom is 0.322 e. The number of rotatable bonds is 6. The summed E-state index contributed by atoms with van der Waals surface area (Å²) in [4.78, 5) is 40.0. The summed E-state index contributed by atoms with van der Waals surface area (Å²) < 4.78 is 0. The van der Waals surface area contributed by atoms with Gasteiger partial charge in [-0.25, -0.2) is 4.79 Å². The number of nitrogens with one attached hydrogen (secondary N) is 2. The molecule has 2 atom stereocenters. The highest BCUT2D eigenvalue weighted by atomic mass is 16.2. The number of likely N-dealkylation sites (N-methyl/N-ethyl adjacent to an activating group) is 1. The molecule has 2 fully saturated rings. The normalized spacial score (nSPS) is 27.5. The van der Waals surface area contributed by atoms with Crippen LogP contribution in [0.25, 0.3) is 0 Å². The quantitative estimate of drug-likeness (QED) is 0.553. The first-order valence-corrected chi connectivity index (χ1v) is 8.54. The number of urea groups is 1. The third-order valence-electron chi connectivity index (χ3n) is 4.95. The molecule has 0 aromatic heterocycles. The van der Waals surface area contributed by atoms with Crippen LogP contribution in [-0.4, -0.2) is 65.9 Å². The molecular weight excluding hydrogens is 308 g/mol.